The molecule has 0 N–H and O–H groups in total. The van der Waals surface area contributed by atoms with Crippen molar-refractivity contribution in [2.75, 3.05) is 6.61 Å². The first kappa shape index (κ1) is 12.9. The summed E-state index contributed by atoms with van der Waals surface area (Å²) in [6.07, 6.45) is 10.7. The Morgan fingerprint density at radius 1 is 1.36 bits per heavy atom. The Morgan fingerprint density at radius 3 is 2.57 bits per heavy atom. The highest BCUT2D eigenvalue weighted by Gasteiger charge is 1.98. The lowest BCUT2D eigenvalue weighted by Crippen LogP contribution is -2.08. The maximum atomic E-state index is 5.58. The molecule has 0 aliphatic rings. The fourth-order valence-electron chi connectivity index (χ4n) is 0.789. The second-order valence-corrected chi connectivity index (χ2v) is 3.10. The van der Waals surface area contributed by atoms with E-state index >= 15 is 0 Å². The number of rotatable bonds is 7. The minimum Gasteiger partial charge on any atom is -0.374 e. The van der Waals surface area contributed by atoms with Gasteiger partial charge in [-0.2, -0.15) is 0 Å². The standard InChI is InChI=1S/C13H20O/c1-5-8-9-10-13(7-3)11-14-12(4)6-2/h5,7-10,12H,1,3,6,11H2,2,4H3/b9-8-,13-10+. The molecule has 1 unspecified atom stereocenters. The lowest BCUT2D eigenvalue weighted by molar-refractivity contribution is 0.0823. The Hall–Kier alpha value is -1.08. The fraction of sp³-hybridized carbons (Fsp3) is 0.385. The summed E-state index contributed by atoms with van der Waals surface area (Å²) in [6.45, 7) is 12.1. The molecule has 0 aromatic carbocycles. The Labute approximate surface area is 87.5 Å². The number of hydrogen-bond acceptors (Lipinski definition) is 1. The summed E-state index contributed by atoms with van der Waals surface area (Å²) in [7, 11) is 0. The number of allylic oxidation sites excluding steroid dienone is 4. The quantitative estimate of drug-likeness (QED) is 0.559. The topological polar surface area (TPSA) is 9.23 Å². The summed E-state index contributed by atoms with van der Waals surface area (Å²) in [4.78, 5) is 0. The highest BCUT2D eigenvalue weighted by atomic mass is 16.5. The summed E-state index contributed by atoms with van der Waals surface area (Å²) in [5.74, 6) is 0. The lowest BCUT2D eigenvalue weighted by Gasteiger charge is -2.10. The number of ether oxygens (including phenoxy) is 1. The van der Waals surface area contributed by atoms with Crippen LogP contribution in [0.3, 0.4) is 0 Å². The van der Waals surface area contributed by atoms with Crippen molar-refractivity contribution in [3.63, 3.8) is 0 Å². The van der Waals surface area contributed by atoms with Crippen LogP contribution in [0.25, 0.3) is 0 Å². The van der Waals surface area contributed by atoms with Crippen LogP contribution in [0.2, 0.25) is 0 Å². The largest absolute Gasteiger partial charge is 0.374 e. The third kappa shape index (κ3) is 6.44. The summed E-state index contributed by atoms with van der Waals surface area (Å²) >= 11 is 0. The zero-order valence-corrected chi connectivity index (χ0v) is 9.20. The molecule has 1 atom stereocenters. The van der Waals surface area contributed by atoms with Crippen molar-refractivity contribution in [1.82, 2.24) is 0 Å². The van der Waals surface area contributed by atoms with Gasteiger partial charge in [-0.05, 0) is 18.9 Å². The first-order valence-corrected chi connectivity index (χ1v) is 4.96. The Balaban J connectivity index is 4.02. The number of hydrogen-bond donors (Lipinski definition) is 0. The molecule has 14 heavy (non-hydrogen) atoms. The van der Waals surface area contributed by atoms with Crippen molar-refractivity contribution in [2.45, 2.75) is 26.4 Å². The minimum atomic E-state index is 0.307. The second-order valence-electron chi connectivity index (χ2n) is 3.10. The molecule has 0 radical (unpaired) electrons. The van der Waals surface area contributed by atoms with E-state index in [9.17, 15) is 0 Å². The van der Waals surface area contributed by atoms with E-state index in [1.807, 2.05) is 24.3 Å². The first-order valence-electron chi connectivity index (χ1n) is 4.96. The zero-order chi connectivity index (χ0) is 10.8. The molecule has 78 valence electrons. The molecule has 0 aliphatic heterocycles. The van der Waals surface area contributed by atoms with Gasteiger partial charge in [-0.15, -0.1) is 0 Å². The van der Waals surface area contributed by atoms with Gasteiger partial charge in [0.05, 0.1) is 12.7 Å². The van der Waals surface area contributed by atoms with Gasteiger partial charge in [0.25, 0.3) is 0 Å². The second kappa shape index (κ2) is 8.52. The van der Waals surface area contributed by atoms with Crippen molar-refractivity contribution in [3.05, 3.63) is 49.1 Å². The van der Waals surface area contributed by atoms with Crippen LogP contribution in [0.4, 0.5) is 0 Å². The van der Waals surface area contributed by atoms with E-state index in [2.05, 4.69) is 27.0 Å². The monoisotopic (exact) mass is 192 g/mol. The predicted molar refractivity (Wildman–Crippen MR) is 63.3 cm³/mol. The third-order valence-electron chi connectivity index (χ3n) is 1.93. The van der Waals surface area contributed by atoms with E-state index in [-0.39, 0.29) is 0 Å². The molecule has 0 rings (SSSR count). The van der Waals surface area contributed by atoms with Crippen molar-refractivity contribution in [3.8, 4) is 0 Å². The van der Waals surface area contributed by atoms with E-state index < -0.39 is 0 Å². The highest BCUT2D eigenvalue weighted by molar-refractivity contribution is 5.23. The Kier molecular flexibility index (Phi) is 7.86. The van der Waals surface area contributed by atoms with Gasteiger partial charge in [0.15, 0.2) is 0 Å². The van der Waals surface area contributed by atoms with Gasteiger partial charge >= 0.3 is 0 Å². The van der Waals surface area contributed by atoms with Gasteiger partial charge in [-0.3, -0.25) is 0 Å². The van der Waals surface area contributed by atoms with Crippen LogP contribution in [0.15, 0.2) is 49.1 Å². The van der Waals surface area contributed by atoms with E-state index in [4.69, 9.17) is 4.74 Å². The van der Waals surface area contributed by atoms with Crippen LogP contribution in [0.5, 0.6) is 0 Å². The third-order valence-corrected chi connectivity index (χ3v) is 1.93. The van der Waals surface area contributed by atoms with E-state index in [0.29, 0.717) is 12.7 Å². The van der Waals surface area contributed by atoms with Crippen molar-refractivity contribution >= 4 is 0 Å². The van der Waals surface area contributed by atoms with Gasteiger partial charge in [0.1, 0.15) is 0 Å². The first-order chi connectivity index (χ1) is 6.74. The highest BCUT2D eigenvalue weighted by Crippen LogP contribution is 2.02. The molecule has 0 saturated carbocycles. The van der Waals surface area contributed by atoms with Crippen LogP contribution in [0, 0.1) is 0 Å². The van der Waals surface area contributed by atoms with Crippen LogP contribution in [-0.4, -0.2) is 12.7 Å². The maximum absolute atomic E-state index is 5.58. The average molecular weight is 192 g/mol. The minimum absolute atomic E-state index is 0.307. The summed E-state index contributed by atoms with van der Waals surface area (Å²) in [5.41, 5.74) is 1.09. The molecule has 0 aliphatic carbocycles. The molecule has 0 fully saturated rings. The molecule has 0 amide bonds. The smallest absolute Gasteiger partial charge is 0.0720 e. The van der Waals surface area contributed by atoms with Gasteiger partial charge < -0.3 is 4.74 Å². The molecule has 0 saturated heterocycles. The van der Waals surface area contributed by atoms with Crippen LogP contribution >= 0.6 is 0 Å². The van der Waals surface area contributed by atoms with E-state index in [0.717, 1.165) is 12.0 Å². The molecular formula is C13H20O. The Morgan fingerprint density at radius 2 is 2.07 bits per heavy atom. The molecule has 0 bridgehead atoms. The molecule has 1 heteroatoms. The lowest BCUT2D eigenvalue weighted by atomic mass is 10.2. The average Bonchev–Trinajstić information content (AvgIpc) is 2.22. The fourth-order valence-corrected chi connectivity index (χ4v) is 0.789. The molecule has 0 aromatic heterocycles. The van der Waals surface area contributed by atoms with Crippen LogP contribution in [-0.2, 0) is 4.74 Å². The summed E-state index contributed by atoms with van der Waals surface area (Å²) < 4.78 is 5.58. The normalized spacial score (nSPS) is 14.3. The Bertz CT molecular complexity index is 223. The van der Waals surface area contributed by atoms with Crippen molar-refractivity contribution in [1.29, 1.82) is 0 Å². The zero-order valence-electron chi connectivity index (χ0n) is 9.20. The molecule has 0 aromatic rings. The van der Waals surface area contributed by atoms with Crippen molar-refractivity contribution in [2.24, 2.45) is 0 Å². The van der Waals surface area contributed by atoms with Gasteiger partial charge in [0, 0.05) is 0 Å². The molecule has 0 heterocycles. The SMILES string of the molecule is C=C/C=C\C=C(/C=C)COC(C)CC. The van der Waals surface area contributed by atoms with Gasteiger partial charge in [-0.25, -0.2) is 0 Å². The summed E-state index contributed by atoms with van der Waals surface area (Å²) in [6, 6.07) is 0. The summed E-state index contributed by atoms with van der Waals surface area (Å²) in [5, 5.41) is 0. The molecule has 1 nitrogen and oxygen atoms in total. The molecule has 0 spiro atoms. The maximum Gasteiger partial charge on any atom is 0.0720 e. The van der Waals surface area contributed by atoms with E-state index in [1.54, 1.807) is 6.08 Å². The van der Waals surface area contributed by atoms with Crippen LogP contribution in [0.1, 0.15) is 20.3 Å². The van der Waals surface area contributed by atoms with E-state index in [1.165, 1.54) is 0 Å². The van der Waals surface area contributed by atoms with Gasteiger partial charge in [0.2, 0.25) is 0 Å². The van der Waals surface area contributed by atoms with Crippen molar-refractivity contribution < 1.29 is 4.74 Å². The van der Waals surface area contributed by atoms with Crippen LogP contribution < -0.4 is 0 Å². The molecular weight excluding hydrogens is 172 g/mol. The van der Waals surface area contributed by atoms with Gasteiger partial charge in [-0.1, -0.05) is 50.5 Å². The predicted octanol–water partition coefficient (Wildman–Crippen LogP) is 3.66.